The number of ether oxygens (including phenoxy) is 1. The SMILES string of the molecule is Cc1ccccc1C(=O)N1CCC(C(=O)OCc2nnc(-c3ccccc3)o2)CC1. The van der Waals surface area contributed by atoms with Crippen molar-refractivity contribution in [3.63, 3.8) is 0 Å². The summed E-state index contributed by atoms with van der Waals surface area (Å²) >= 11 is 0. The zero-order chi connectivity index (χ0) is 20.9. The minimum atomic E-state index is -0.294. The molecule has 0 saturated carbocycles. The fourth-order valence-electron chi connectivity index (χ4n) is 3.56. The first-order valence-electron chi connectivity index (χ1n) is 10.0. The van der Waals surface area contributed by atoms with Gasteiger partial charge >= 0.3 is 5.97 Å². The van der Waals surface area contributed by atoms with Crippen molar-refractivity contribution in [1.29, 1.82) is 0 Å². The Bertz CT molecular complexity index is 1020. The van der Waals surface area contributed by atoms with Crippen LogP contribution in [0.3, 0.4) is 0 Å². The second-order valence-electron chi connectivity index (χ2n) is 7.36. The molecule has 4 rings (SSSR count). The van der Waals surface area contributed by atoms with Gasteiger partial charge in [-0.1, -0.05) is 36.4 Å². The molecule has 0 bridgehead atoms. The molecule has 30 heavy (non-hydrogen) atoms. The van der Waals surface area contributed by atoms with E-state index in [1.54, 1.807) is 4.90 Å². The highest BCUT2D eigenvalue weighted by atomic mass is 16.5. The zero-order valence-corrected chi connectivity index (χ0v) is 16.8. The third kappa shape index (κ3) is 4.40. The van der Waals surface area contributed by atoms with Crippen LogP contribution < -0.4 is 0 Å². The lowest BCUT2D eigenvalue weighted by Gasteiger charge is -2.31. The monoisotopic (exact) mass is 405 g/mol. The Hall–Kier alpha value is -3.48. The number of aromatic nitrogens is 2. The van der Waals surface area contributed by atoms with Crippen LogP contribution in [0.4, 0.5) is 0 Å². The van der Waals surface area contributed by atoms with Crippen LogP contribution in [0.25, 0.3) is 11.5 Å². The van der Waals surface area contributed by atoms with E-state index in [0.717, 1.165) is 11.1 Å². The maximum Gasteiger partial charge on any atom is 0.309 e. The van der Waals surface area contributed by atoms with E-state index in [2.05, 4.69) is 10.2 Å². The van der Waals surface area contributed by atoms with Crippen molar-refractivity contribution >= 4 is 11.9 Å². The normalized spacial score (nSPS) is 14.5. The molecule has 3 aromatic rings. The van der Waals surface area contributed by atoms with Gasteiger partial charge in [-0.15, -0.1) is 10.2 Å². The summed E-state index contributed by atoms with van der Waals surface area (Å²) in [7, 11) is 0. The molecule has 0 unspecified atom stereocenters. The Labute approximate surface area is 174 Å². The highest BCUT2D eigenvalue weighted by Gasteiger charge is 2.29. The van der Waals surface area contributed by atoms with E-state index in [4.69, 9.17) is 9.15 Å². The Kier molecular flexibility index (Phi) is 5.88. The molecule has 0 atom stereocenters. The quantitative estimate of drug-likeness (QED) is 0.603. The van der Waals surface area contributed by atoms with E-state index in [-0.39, 0.29) is 30.3 Å². The number of hydrogen-bond acceptors (Lipinski definition) is 6. The number of likely N-dealkylation sites (tertiary alicyclic amines) is 1. The molecule has 7 nitrogen and oxygen atoms in total. The number of benzene rings is 2. The number of aryl methyl sites for hydroxylation is 1. The van der Waals surface area contributed by atoms with Crippen molar-refractivity contribution in [2.45, 2.75) is 26.4 Å². The minimum Gasteiger partial charge on any atom is -0.455 e. The third-order valence-electron chi connectivity index (χ3n) is 5.32. The molecule has 7 heteroatoms. The van der Waals surface area contributed by atoms with Gasteiger partial charge in [-0.2, -0.15) is 0 Å². The molecular weight excluding hydrogens is 382 g/mol. The summed E-state index contributed by atoms with van der Waals surface area (Å²) in [5.41, 5.74) is 2.48. The van der Waals surface area contributed by atoms with Gasteiger partial charge in [-0.3, -0.25) is 9.59 Å². The topological polar surface area (TPSA) is 85.5 Å². The molecule has 154 valence electrons. The summed E-state index contributed by atoms with van der Waals surface area (Å²) in [6.07, 6.45) is 1.16. The maximum atomic E-state index is 12.7. The summed E-state index contributed by atoms with van der Waals surface area (Å²) in [5.74, 6) is 0.137. The maximum absolute atomic E-state index is 12.7. The van der Waals surface area contributed by atoms with Crippen LogP contribution in [0, 0.1) is 12.8 Å². The molecule has 0 radical (unpaired) electrons. The molecule has 0 N–H and O–H groups in total. The van der Waals surface area contributed by atoms with Crippen LogP contribution in [0.1, 0.15) is 34.7 Å². The third-order valence-corrected chi connectivity index (χ3v) is 5.32. The summed E-state index contributed by atoms with van der Waals surface area (Å²) in [6.45, 7) is 2.94. The molecule has 1 aliphatic heterocycles. The van der Waals surface area contributed by atoms with Gasteiger partial charge in [0.25, 0.3) is 11.8 Å². The fourth-order valence-corrected chi connectivity index (χ4v) is 3.56. The van der Waals surface area contributed by atoms with Crippen molar-refractivity contribution in [2.75, 3.05) is 13.1 Å². The minimum absolute atomic E-state index is 0.0132. The van der Waals surface area contributed by atoms with Crippen LogP contribution in [0.15, 0.2) is 59.0 Å². The highest BCUT2D eigenvalue weighted by molar-refractivity contribution is 5.95. The molecule has 1 aliphatic rings. The van der Waals surface area contributed by atoms with Gasteiger partial charge in [0.05, 0.1) is 5.92 Å². The lowest BCUT2D eigenvalue weighted by molar-refractivity contribution is -0.152. The number of piperidine rings is 1. The first-order chi connectivity index (χ1) is 14.6. The van der Waals surface area contributed by atoms with Crippen molar-refractivity contribution in [3.05, 3.63) is 71.6 Å². The largest absolute Gasteiger partial charge is 0.455 e. The first kappa shape index (κ1) is 19.8. The smallest absolute Gasteiger partial charge is 0.309 e. The van der Waals surface area contributed by atoms with Crippen LogP contribution in [-0.4, -0.2) is 40.1 Å². The summed E-state index contributed by atoms with van der Waals surface area (Å²) < 4.78 is 10.9. The lowest BCUT2D eigenvalue weighted by atomic mass is 9.96. The molecule has 0 spiro atoms. The Balaban J connectivity index is 1.27. The standard InChI is InChI=1S/C23H23N3O4/c1-16-7-5-6-10-19(16)22(27)26-13-11-18(12-14-26)23(28)29-15-20-24-25-21(30-20)17-8-3-2-4-9-17/h2-10,18H,11-15H2,1H3. The van der Waals surface area contributed by atoms with Gasteiger partial charge in [0, 0.05) is 24.2 Å². The number of carbonyl (C=O) groups excluding carboxylic acids is 2. The molecule has 1 fully saturated rings. The second-order valence-corrected chi connectivity index (χ2v) is 7.36. The molecule has 2 heterocycles. The molecule has 1 amide bonds. The van der Waals surface area contributed by atoms with E-state index in [9.17, 15) is 9.59 Å². The van der Waals surface area contributed by atoms with Crippen molar-refractivity contribution < 1.29 is 18.7 Å². The fraction of sp³-hybridized carbons (Fsp3) is 0.304. The van der Waals surface area contributed by atoms with E-state index in [1.807, 2.05) is 61.5 Å². The van der Waals surface area contributed by atoms with E-state index in [1.165, 1.54) is 0 Å². The number of hydrogen-bond donors (Lipinski definition) is 0. The number of carbonyl (C=O) groups is 2. The van der Waals surface area contributed by atoms with Crippen LogP contribution in [-0.2, 0) is 16.1 Å². The summed E-state index contributed by atoms with van der Waals surface area (Å²) in [6, 6.07) is 17.0. The van der Waals surface area contributed by atoms with Crippen molar-refractivity contribution in [2.24, 2.45) is 5.92 Å². The number of esters is 1. The average Bonchev–Trinajstić information content (AvgIpc) is 3.27. The Morgan fingerprint density at radius 2 is 1.73 bits per heavy atom. The number of nitrogens with zero attached hydrogens (tertiary/aromatic N) is 3. The van der Waals surface area contributed by atoms with E-state index in [0.29, 0.717) is 37.4 Å². The van der Waals surface area contributed by atoms with Gasteiger partial charge in [0.1, 0.15) is 0 Å². The van der Waals surface area contributed by atoms with Crippen molar-refractivity contribution in [3.8, 4) is 11.5 Å². The van der Waals surface area contributed by atoms with Crippen molar-refractivity contribution in [1.82, 2.24) is 15.1 Å². The van der Waals surface area contributed by atoms with Gasteiger partial charge < -0.3 is 14.1 Å². The van der Waals surface area contributed by atoms with Gasteiger partial charge in [0.15, 0.2) is 6.61 Å². The molecule has 1 aromatic heterocycles. The molecule has 0 aliphatic carbocycles. The molecule has 1 saturated heterocycles. The van der Waals surface area contributed by atoms with Crippen LogP contribution in [0.5, 0.6) is 0 Å². The van der Waals surface area contributed by atoms with E-state index < -0.39 is 0 Å². The van der Waals surface area contributed by atoms with Gasteiger partial charge in [0.2, 0.25) is 5.89 Å². The predicted molar refractivity (Wildman–Crippen MR) is 109 cm³/mol. The highest BCUT2D eigenvalue weighted by Crippen LogP contribution is 2.22. The molecule has 2 aromatic carbocycles. The predicted octanol–water partition coefficient (Wildman–Crippen LogP) is 3.64. The average molecular weight is 405 g/mol. The molecular formula is C23H23N3O4. The van der Waals surface area contributed by atoms with Crippen LogP contribution in [0.2, 0.25) is 0 Å². The summed E-state index contributed by atoms with van der Waals surface area (Å²) in [4.78, 5) is 26.9. The zero-order valence-electron chi connectivity index (χ0n) is 16.8. The first-order valence-corrected chi connectivity index (χ1v) is 10.0. The van der Waals surface area contributed by atoms with Gasteiger partial charge in [-0.05, 0) is 43.5 Å². The summed E-state index contributed by atoms with van der Waals surface area (Å²) in [5, 5.41) is 7.93. The number of rotatable bonds is 5. The number of amides is 1. The van der Waals surface area contributed by atoms with Gasteiger partial charge in [-0.25, -0.2) is 0 Å². The second kappa shape index (κ2) is 8.90. The van der Waals surface area contributed by atoms with E-state index >= 15 is 0 Å². The van der Waals surface area contributed by atoms with Crippen LogP contribution >= 0.6 is 0 Å². The Morgan fingerprint density at radius 3 is 2.47 bits per heavy atom. The lowest BCUT2D eigenvalue weighted by Crippen LogP contribution is -2.40. The Morgan fingerprint density at radius 1 is 1.03 bits per heavy atom.